The van der Waals surface area contributed by atoms with Crippen LogP contribution in [0.2, 0.25) is 0 Å². The van der Waals surface area contributed by atoms with Gasteiger partial charge in [0.05, 0.1) is 12.7 Å². The van der Waals surface area contributed by atoms with Crippen molar-refractivity contribution >= 4 is 5.91 Å². The lowest BCUT2D eigenvalue weighted by atomic mass is 9.93. The van der Waals surface area contributed by atoms with Crippen LogP contribution in [0.1, 0.15) is 32.6 Å². The third-order valence-corrected chi connectivity index (χ3v) is 3.57. The summed E-state index contributed by atoms with van der Waals surface area (Å²) in [6, 6.07) is 7.37. The van der Waals surface area contributed by atoms with Crippen molar-refractivity contribution in [2.45, 2.75) is 44.8 Å². The predicted molar refractivity (Wildman–Crippen MR) is 79.5 cm³/mol. The second-order valence-corrected chi connectivity index (χ2v) is 5.27. The molecule has 1 amide bonds. The van der Waals surface area contributed by atoms with Gasteiger partial charge in [0.25, 0.3) is 5.91 Å². The minimum absolute atomic E-state index is 0.00698. The molecule has 2 N–H and O–H groups in total. The number of nitrogens with one attached hydrogen (secondary N) is 1. The van der Waals surface area contributed by atoms with E-state index < -0.39 is 0 Å². The Kier molecular flexibility index (Phi) is 5.87. The summed E-state index contributed by atoms with van der Waals surface area (Å²) in [5, 5.41) is 12.4. The summed E-state index contributed by atoms with van der Waals surface area (Å²) in [6.45, 7) is 2.56. The van der Waals surface area contributed by atoms with Crippen molar-refractivity contribution in [1.82, 2.24) is 5.32 Å². The van der Waals surface area contributed by atoms with Gasteiger partial charge in [-0.2, -0.15) is 0 Å². The van der Waals surface area contributed by atoms with Crippen molar-refractivity contribution in [3.8, 4) is 11.5 Å². The molecule has 1 aromatic rings. The summed E-state index contributed by atoms with van der Waals surface area (Å²) in [4.78, 5) is 11.8. The smallest absolute Gasteiger partial charge is 0.258 e. The standard InChI is InChI=1S/C16H23NO4/c1-2-20-14-7-9-15(10-8-14)21-11-16(19)17-12-3-5-13(18)6-4-12/h7-10,12-13,18H,2-6,11H2,1H3,(H,17,19). The van der Waals surface area contributed by atoms with Gasteiger partial charge in [0.2, 0.25) is 0 Å². The molecule has 116 valence electrons. The SMILES string of the molecule is CCOc1ccc(OCC(=O)NC2CCC(O)CC2)cc1. The highest BCUT2D eigenvalue weighted by Crippen LogP contribution is 2.19. The van der Waals surface area contributed by atoms with E-state index in [1.165, 1.54) is 0 Å². The number of ether oxygens (including phenoxy) is 2. The number of carbonyl (C=O) groups is 1. The Morgan fingerprint density at radius 3 is 2.29 bits per heavy atom. The Labute approximate surface area is 125 Å². The summed E-state index contributed by atoms with van der Waals surface area (Å²) >= 11 is 0. The molecular formula is C16H23NO4. The average Bonchev–Trinajstić information content (AvgIpc) is 2.49. The lowest BCUT2D eigenvalue weighted by Gasteiger charge is -2.26. The molecule has 5 nitrogen and oxygen atoms in total. The molecule has 1 aliphatic carbocycles. The maximum Gasteiger partial charge on any atom is 0.258 e. The van der Waals surface area contributed by atoms with Gasteiger partial charge in [0, 0.05) is 6.04 Å². The fraction of sp³-hybridized carbons (Fsp3) is 0.562. The zero-order valence-corrected chi connectivity index (χ0v) is 12.4. The Balaban J connectivity index is 1.71. The first-order chi connectivity index (χ1) is 10.2. The highest BCUT2D eigenvalue weighted by Gasteiger charge is 2.20. The quantitative estimate of drug-likeness (QED) is 0.840. The molecule has 0 unspecified atom stereocenters. The third kappa shape index (κ3) is 5.27. The lowest BCUT2D eigenvalue weighted by Crippen LogP contribution is -2.40. The zero-order chi connectivity index (χ0) is 15.1. The summed E-state index contributed by atoms with van der Waals surface area (Å²) in [7, 11) is 0. The average molecular weight is 293 g/mol. The minimum Gasteiger partial charge on any atom is -0.494 e. The van der Waals surface area contributed by atoms with E-state index in [-0.39, 0.29) is 24.7 Å². The van der Waals surface area contributed by atoms with Gasteiger partial charge in [-0.15, -0.1) is 0 Å². The van der Waals surface area contributed by atoms with Crippen LogP contribution in [0.5, 0.6) is 11.5 Å². The summed E-state index contributed by atoms with van der Waals surface area (Å²) in [6.07, 6.45) is 2.96. The summed E-state index contributed by atoms with van der Waals surface area (Å²) < 4.78 is 10.8. The van der Waals surface area contributed by atoms with Gasteiger partial charge in [-0.3, -0.25) is 4.79 Å². The van der Waals surface area contributed by atoms with Crippen LogP contribution in [0.25, 0.3) is 0 Å². The summed E-state index contributed by atoms with van der Waals surface area (Å²) in [5.74, 6) is 1.31. The molecule has 21 heavy (non-hydrogen) atoms. The van der Waals surface area contributed by atoms with Crippen LogP contribution in [0.15, 0.2) is 24.3 Å². The number of amides is 1. The third-order valence-electron chi connectivity index (χ3n) is 3.57. The van der Waals surface area contributed by atoms with E-state index in [2.05, 4.69) is 5.32 Å². The van der Waals surface area contributed by atoms with Gasteiger partial charge in [-0.1, -0.05) is 0 Å². The predicted octanol–water partition coefficient (Wildman–Crippen LogP) is 1.88. The van der Waals surface area contributed by atoms with Gasteiger partial charge < -0.3 is 19.9 Å². The van der Waals surface area contributed by atoms with Crippen LogP contribution in [-0.4, -0.2) is 36.4 Å². The molecule has 1 aliphatic rings. The van der Waals surface area contributed by atoms with Crippen molar-refractivity contribution in [3.05, 3.63) is 24.3 Å². The zero-order valence-electron chi connectivity index (χ0n) is 12.4. The number of benzene rings is 1. The van der Waals surface area contributed by atoms with Gasteiger partial charge in [0.1, 0.15) is 11.5 Å². The molecule has 1 fully saturated rings. The van der Waals surface area contributed by atoms with Crippen molar-refractivity contribution in [1.29, 1.82) is 0 Å². The number of aliphatic hydroxyl groups is 1. The first-order valence-electron chi connectivity index (χ1n) is 7.50. The first kappa shape index (κ1) is 15.6. The molecule has 0 bridgehead atoms. The lowest BCUT2D eigenvalue weighted by molar-refractivity contribution is -0.124. The molecule has 0 aromatic heterocycles. The van der Waals surface area contributed by atoms with E-state index in [0.717, 1.165) is 31.4 Å². The normalized spacial score (nSPS) is 21.6. The molecular weight excluding hydrogens is 270 g/mol. The molecule has 0 radical (unpaired) electrons. The Morgan fingerprint density at radius 2 is 1.71 bits per heavy atom. The van der Waals surface area contributed by atoms with E-state index in [1.54, 1.807) is 12.1 Å². The molecule has 2 rings (SSSR count). The van der Waals surface area contributed by atoms with Gasteiger partial charge in [-0.05, 0) is 56.9 Å². The highest BCUT2D eigenvalue weighted by atomic mass is 16.5. The van der Waals surface area contributed by atoms with Crippen LogP contribution in [0.3, 0.4) is 0 Å². The monoisotopic (exact) mass is 293 g/mol. The molecule has 1 saturated carbocycles. The van der Waals surface area contributed by atoms with Crippen molar-refractivity contribution in [2.75, 3.05) is 13.2 Å². The van der Waals surface area contributed by atoms with E-state index in [0.29, 0.717) is 12.4 Å². The highest BCUT2D eigenvalue weighted by molar-refractivity contribution is 5.77. The number of carbonyl (C=O) groups excluding carboxylic acids is 1. The number of rotatable bonds is 6. The summed E-state index contributed by atoms with van der Waals surface area (Å²) in [5.41, 5.74) is 0. The van der Waals surface area contributed by atoms with Crippen LogP contribution in [0, 0.1) is 0 Å². The second kappa shape index (κ2) is 7.88. The van der Waals surface area contributed by atoms with E-state index in [9.17, 15) is 9.90 Å². The Bertz CT molecular complexity index is 438. The molecule has 0 aliphatic heterocycles. The topological polar surface area (TPSA) is 67.8 Å². The van der Waals surface area contributed by atoms with Gasteiger partial charge in [-0.25, -0.2) is 0 Å². The molecule has 5 heteroatoms. The largest absolute Gasteiger partial charge is 0.494 e. The number of hydrogen-bond donors (Lipinski definition) is 2. The minimum atomic E-state index is -0.210. The second-order valence-electron chi connectivity index (χ2n) is 5.27. The molecule has 0 saturated heterocycles. The Morgan fingerprint density at radius 1 is 1.14 bits per heavy atom. The van der Waals surface area contributed by atoms with Crippen molar-refractivity contribution in [2.24, 2.45) is 0 Å². The Hall–Kier alpha value is -1.75. The van der Waals surface area contributed by atoms with Crippen molar-refractivity contribution < 1.29 is 19.4 Å². The maximum absolute atomic E-state index is 11.8. The molecule has 0 spiro atoms. The van der Waals surface area contributed by atoms with Crippen molar-refractivity contribution in [3.63, 3.8) is 0 Å². The van der Waals surface area contributed by atoms with E-state index >= 15 is 0 Å². The van der Waals surface area contributed by atoms with E-state index in [4.69, 9.17) is 9.47 Å². The number of aliphatic hydroxyl groups excluding tert-OH is 1. The molecule has 0 heterocycles. The number of hydrogen-bond acceptors (Lipinski definition) is 4. The maximum atomic E-state index is 11.8. The molecule has 1 aromatic carbocycles. The van der Waals surface area contributed by atoms with Crippen LogP contribution < -0.4 is 14.8 Å². The molecule has 0 atom stereocenters. The van der Waals surface area contributed by atoms with Crippen LogP contribution in [0.4, 0.5) is 0 Å². The van der Waals surface area contributed by atoms with Crippen LogP contribution >= 0.6 is 0 Å². The van der Waals surface area contributed by atoms with Crippen LogP contribution in [-0.2, 0) is 4.79 Å². The van der Waals surface area contributed by atoms with Gasteiger partial charge >= 0.3 is 0 Å². The fourth-order valence-electron chi connectivity index (χ4n) is 2.44. The van der Waals surface area contributed by atoms with Gasteiger partial charge in [0.15, 0.2) is 6.61 Å². The first-order valence-corrected chi connectivity index (χ1v) is 7.50. The van der Waals surface area contributed by atoms with E-state index in [1.807, 2.05) is 19.1 Å². The fourth-order valence-corrected chi connectivity index (χ4v) is 2.44.